The molecule has 8 atom stereocenters. The number of rotatable bonds is 1. The number of fused-ring (bicyclic) bond motifs is 7. The van der Waals surface area contributed by atoms with Crippen molar-refractivity contribution in [3.63, 3.8) is 0 Å². The molecule has 0 aromatic rings. The lowest BCUT2D eigenvalue weighted by molar-refractivity contribution is -0.217. The lowest BCUT2D eigenvalue weighted by atomic mass is 9.33. The van der Waals surface area contributed by atoms with Crippen molar-refractivity contribution in [2.75, 3.05) is 0 Å². The Morgan fingerprint density at radius 3 is 2.24 bits per heavy atom. The van der Waals surface area contributed by atoms with Crippen molar-refractivity contribution in [3.05, 3.63) is 24.8 Å². The standard InChI is InChI=1S/C31H51NO2.C3H6/c1-26(2,3)34-25(33)32-31-17-9-11-22(31)21-12-13-24-28(6)16-10-15-27(4,5)23(28)14-18-30(24,8)29(21,7)19-20-31;1-3-2/h10,15,21-24H,9,11-14,16-20H2,1-8H3,(H,32,33);3H,1H2,2H3/t21?,22-,23?,24?,28?,29-,30?,31?;/m1./s1. The molecular formula is C34H57NO2. The highest BCUT2D eigenvalue weighted by molar-refractivity contribution is 5.69. The Balaban J connectivity index is 0.00000102. The fourth-order valence-electron chi connectivity index (χ4n) is 10.9. The maximum Gasteiger partial charge on any atom is 0.408 e. The second-order valence-electron chi connectivity index (χ2n) is 15.8. The van der Waals surface area contributed by atoms with Gasteiger partial charge in [-0.1, -0.05) is 59.3 Å². The molecule has 37 heavy (non-hydrogen) atoms. The summed E-state index contributed by atoms with van der Waals surface area (Å²) in [4.78, 5) is 12.9. The van der Waals surface area contributed by atoms with Gasteiger partial charge in [0, 0.05) is 5.54 Å². The first-order chi connectivity index (χ1) is 17.1. The highest BCUT2D eigenvalue weighted by Crippen LogP contribution is 2.75. The van der Waals surface area contributed by atoms with Crippen LogP contribution in [-0.4, -0.2) is 17.2 Å². The van der Waals surface area contributed by atoms with Gasteiger partial charge in [-0.05, 0) is 131 Å². The van der Waals surface area contributed by atoms with Crippen LogP contribution in [0.1, 0.15) is 127 Å². The largest absolute Gasteiger partial charge is 0.444 e. The molecule has 210 valence electrons. The Morgan fingerprint density at radius 1 is 0.919 bits per heavy atom. The average molecular weight is 512 g/mol. The molecule has 5 aliphatic rings. The molecule has 4 fully saturated rings. The Bertz CT molecular complexity index is 913. The molecule has 0 spiro atoms. The Morgan fingerprint density at radius 2 is 1.59 bits per heavy atom. The summed E-state index contributed by atoms with van der Waals surface area (Å²) in [6.45, 7) is 24.1. The fraction of sp³-hybridized carbons (Fsp3) is 0.853. The van der Waals surface area contributed by atoms with Gasteiger partial charge in [0.1, 0.15) is 5.60 Å². The minimum atomic E-state index is -0.445. The first kappa shape index (κ1) is 28.8. The number of alkyl carbamates (subject to hydrolysis) is 1. The molecule has 4 saturated carbocycles. The minimum Gasteiger partial charge on any atom is -0.444 e. The zero-order valence-corrected chi connectivity index (χ0v) is 25.6. The third-order valence-electron chi connectivity index (χ3n) is 12.4. The van der Waals surface area contributed by atoms with E-state index in [0.29, 0.717) is 33.5 Å². The summed E-state index contributed by atoms with van der Waals surface area (Å²) < 4.78 is 5.75. The number of carbonyl (C=O) groups excluding carboxylic acids is 1. The van der Waals surface area contributed by atoms with E-state index in [1.807, 2.05) is 27.7 Å². The van der Waals surface area contributed by atoms with Crippen LogP contribution in [0.3, 0.4) is 0 Å². The van der Waals surface area contributed by atoms with Crippen molar-refractivity contribution >= 4 is 6.09 Å². The quantitative estimate of drug-likeness (QED) is 0.356. The van der Waals surface area contributed by atoms with Gasteiger partial charge in [0.05, 0.1) is 0 Å². The van der Waals surface area contributed by atoms with Crippen LogP contribution in [0.4, 0.5) is 4.79 Å². The van der Waals surface area contributed by atoms with Crippen molar-refractivity contribution in [1.82, 2.24) is 5.32 Å². The predicted molar refractivity (Wildman–Crippen MR) is 155 cm³/mol. The molecule has 5 aliphatic carbocycles. The van der Waals surface area contributed by atoms with Gasteiger partial charge in [-0.3, -0.25) is 0 Å². The van der Waals surface area contributed by atoms with E-state index in [0.717, 1.165) is 24.7 Å². The highest BCUT2D eigenvalue weighted by atomic mass is 16.6. The van der Waals surface area contributed by atoms with Crippen LogP contribution in [0.5, 0.6) is 0 Å². The summed E-state index contributed by atoms with van der Waals surface area (Å²) in [5.74, 6) is 2.92. The molecule has 0 bridgehead atoms. The molecule has 3 heteroatoms. The van der Waals surface area contributed by atoms with Gasteiger partial charge in [0.15, 0.2) is 0 Å². The average Bonchev–Trinajstić information content (AvgIpc) is 3.16. The topological polar surface area (TPSA) is 38.3 Å². The third-order valence-corrected chi connectivity index (χ3v) is 12.4. The molecule has 0 radical (unpaired) electrons. The normalized spacial score (nSPS) is 45.6. The molecular weight excluding hydrogens is 454 g/mol. The summed E-state index contributed by atoms with van der Waals surface area (Å²) in [6, 6.07) is 0. The summed E-state index contributed by atoms with van der Waals surface area (Å²) in [6.07, 6.45) is 19.3. The fourth-order valence-corrected chi connectivity index (χ4v) is 10.9. The smallest absolute Gasteiger partial charge is 0.408 e. The van der Waals surface area contributed by atoms with E-state index in [1.54, 1.807) is 6.08 Å². The van der Waals surface area contributed by atoms with E-state index < -0.39 is 5.60 Å². The lowest BCUT2D eigenvalue weighted by Gasteiger charge is -2.71. The second-order valence-corrected chi connectivity index (χ2v) is 15.8. The van der Waals surface area contributed by atoms with E-state index in [2.05, 4.69) is 58.7 Å². The number of amides is 1. The van der Waals surface area contributed by atoms with Crippen LogP contribution in [-0.2, 0) is 4.74 Å². The summed E-state index contributed by atoms with van der Waals surface area (Å²) >= 11 is 0. The molecule has 0 saturated heterocycles. The number of nitrogens with one attached hydrogen (secondary N) is 1. The Labute approximate surface area is 228 Å². The van der Waals surface area contributed by atoms with Gasteiger partial charge in [0.2, 0.25) is 0 Å². The number of carbonyl (C=O) groups is 1. The van der Waals surface area contributed by atoms with Crippen LogP contribution < -0.4 is 5.32 Å². The van der Waals surface area contributed by atoms with Gasteiger partial charge in [0.25, 0.3) is 0 Å². The van der Waals surface area contributed by atoms with Crippen molar-refractivity contribution < 1.29 is 9.53 Å². The third kappa shape index (κ3) is 4.53. The van der Waals surface area contributed by atoms with E-state index in [9.17, 15) is 4.79 Å². The molecule has 1 N–H and O–H groups in total. The number of hydrogen-bond acceptors (Lipinski definition) is 2. The van der Waals surface area contributed by atoms with E-state index in [4.69, 9.17) is 4.74 Å². The van der Waals surface area contributed by atoms with Crippen molar-refractivity contribution in [2.24, 2.45) is 45.3 Å². The predicted octanol–water partition coefficient (Wildman–Crippen LogP) is 9.48. The molecule has 0 aromatic carbocycles. The van der Waals surface area contributed by atoms with Crippen LogP contribution >= 0.6 is 0 Å². The van der Waals surface area contributed by atoms with Crippen LogP contribution in [0.25, 0.3) is 0 Å². The lowest BCUT2D eigenvalue weighted by Crippen LogP contribution is -2.67. The van der Waals surface area contributed by atoms with Gasteiger partial charge < -0.3 is 10.1 Å². The second kappa shape index (κ2) is 9.44. The first-order valence-corrected chi connectivity index (χ1v) is 15.3. The van der Waals surface area contributed by atoms with Crippen LogP contribution in [0, 0.1) is 45.3 Å². The summed E-state index contributed by atoms with van der Waals surface area (Å²) in [5, 5.41) is 3.48. The zero-order chi connectivity index (χ0) is 27.5. The van der Waals surface area contributed by atoms with E-state index in [-0.39, 0.29) is 11.6 Å². The zero-order valence-electron chi connectivity index (χ0n) is 25.6. The van der Waals surface area contributed by atoms with Gasteiger partial charge >= 0.3 is 6.09 Å². The number of allylic oxidation sites excluding steroid dienone is 3. The van der Waals surface area contributed by atoms with Gasteiger partial charge in [-0.25, -0.2) is 4.79 Å². The monoisotopic (exact) mass is 511 g/mol. The highest BCUT2D eigenvalue weighted by Gasteiger charge is 2.69. The van der Waals surface area contributed by atoms with Gasteiger partial charge in [-0.15, -0.1) is 6.58 Å². The van der Waals surface area contributed by atoms with Crippen molar-refractivity contribution in [2.45, 2.75) is 138 Å². The van der Waals surface area contributed by atoms with Crippen molar-refractivity contribution in [1.29, 1.82) is 0 Å². The molecule has 6 unspecified atom stereocenters. The van der Waals surface area contributed by atoms with Crippen LogP contribution in [0.2, 0.25) is 0 Å². The summed E-state index contributed by atoms with van der Waals surface area (Å²) in [5.41, 5.74) is 0.993. The maximum absolute atomic E-state index is 12.9. The molecule has 0 aromatic heterocycles. The van der Waals surface area contributed by atoms with Crippen LogP contribution in [0.15, 0.2) is 24.8 Å². The summed E-state index contributed by atoms with van der Waals surface area (Å²) in [7, 11) is 0. The molecule has 3 nitrogen and oxygen atoms in total. The first-order valence-electron chi connectivity index (χ1n) is 15.3. The van der Waals surface area contributed by atoms with E-state index >= 15 is 0 Å². The minimum absolute atomic E-state index is 0.0492. The SMILES string of the molecule is C=CC.CC(C)(C)OC(=O)NC12CCC[C@@H]1C1CCC3C4(C)CC=CC(C)(C)C4CCC3(C)[C@]1(C)CC2. The molecule has 5 rings (SSSR count). The Kier molecular flexibility index (Phi) is 7.34. The Hall–Kier alpha value is -1.25. The number of hydrogen-bond donors (Lipinski definition) is 1. The molecule has 0 heterocycles. The number of ether oxygens (including phenoxy) is 1. The molecule has 1 amide bonds. The van der Waals surface area contributed by atoms with Gasteiger partial charge in [-0.2, -0.15) is 0 Å². The van der Waals surface area contributed by atoms with Crippen molar-refractivity contribution in [3.8, 4) is 0 Å². The maximum atomic E-state index is 12.9. The molecule has 0 aliphatic heterocycles. The van der Waals surface area contributed by atoms with E-state index in [1.165, 1.54) is 51.4 Å².